The van der Waals surface area contributed by atoms with Crippen LogP contribution in [0.3, 0.4) is 0 Å². The summed E-state index contributed by atoms with van der Waals surface area (Å²) in [6.07, 6.45) is 4.78. The number of benzene rings is 1. The Morgan fingerprint density at radius 1 is 1.38 bits per heavy atom. The molecule has 1 unspecified atom stereocenters. The minimum Gasteiger partial charge on any atom is -0.496 e. The van der Waals surface area contributed by atoms with Crippen molar-refractivity contribution in [3.05, 3.63) is 47.5 Å². The van der Waals surface area contributed by atoms with Crippen molar-refractivity contribution in [1.29, 1.82) is 0 Å². The van der Waals surface area contributed by atoms with Gasteiger partial charge in [0, 0.05) is 26.0 Å². The van der Waals surface area contributed by atoms with E-state index < -0.39 is 12.1 Å². The second-order valence-corrected chi connectivity index (χ2v) is 6.79. The van der Waals surface area contributed by atoms with Crippen LogP contribution in [0.25, 0.3) is 0 Å². The summed E-state index contributed by atoms with van der Waals surface area (Å²) in [6.45, 7) is 2.41. The lowest BCUT2D eigenvalue weighted by Crippen LogP contribution is -2.35. The smallest absolute Gasteiger partial charge is 0.339 e. The molecule has 3 rings (SSSR count). The topological polar surface area (TPSA) is 87.8 Å². The monoisotopic (exact) mass is 359 g/mol. The lowest BCUT2D eigenvalue weighted by molar-refractivity contribution is 0.0491. The molecule has 1 aliphatic heterocycles. The molecule has 1 aliphatic rings. The molecular weight excluding hydrogens is 334 g/mol. The third kappa shape index (κ3) is 3.89. The molecule has 26 heavy (non-hydrogen) atoms. The fourth-order valence-electron chi connectivity index (χ4n) is 3.58. The Bertz CT molecular complexity index is 766. The van der Waals surface area contributed by atoms with Gasteiger partial charge < -0.3 is 19.5 Å². The van der Waals surface area contributed by atoms with Gasteiger partial charge in [-0.1, -0.05) is 6.07 Å². The van der Waals surface area contributed by atoms with E-state index >= 15 is 0 Å². The molecule has 2 N–H and O–H groups in total. The van der Waals surface area contributed by atoms with Gasteiger partial charge in [-0.3, -0.25) is 4.90 Å². The molecule has 1 atom stereocenters. The first-order valence-electron chi connectivity index (χ1n) is 8.77. The molecule has 140 valence electrons. The van der Waals surface area contributed by atoms with Crippen molar-refractivity contribution < 1.29 is 19.7 Å². The van der Waals surface area contributed by atoms with E-state index in [9.17, 15) is 15.0 Å². The number of hydrogen-bond donors (Lipinski definition) is 2. The average molecular weight is 359 g/mol. The van der Waals surface area contributed by atoms with Crippen LogP contribution in [0.4, 0.5) is 0 Å². The Labute approximate surface area is 152 Å². The molecule has 0 aliphatic carbocycles. The Kier molecular flexibility index (Phi) is 5.58. The number of methoxy groups -OCH3 is 1. The highest BCUT2D eigenvalue weighted by atomic mass is 16.5. The minimum atomic E-state index is -0.986. The number of ether oxygens (including phenoxy) is 1. The Balaban J connectivity index is 1.60. The molecule has 0 radical (unpaired) electrons. The molecular formula is C19H25N3O4. The summed E-state index contributed by atoms with van der Waals surface area (Å²) in [6, 6.07) is 5.28. The first-order valence-corrected chi connectivity index (χ1v) is 8.77. The number of aliphatic hydroxyl groups is 1. The van der Waals surface area contributed by atoms with Gasteiger partial charge in [-0.05, 0) is 49.5 Å². The summed E-state index contributed by atoms with van der Waals surface area (Å²) in [7, 11) is 3.36. The van der Waals surface area contributed by atoms with Gasteiger partial charge in [0.05, 0.1) is 7.11 Å². The SMILES string of the molecule is COc1ccc(CN2CCC(C(O)c3nccn3C)CC2)cc1C(=O)O. The maximum atomic E-state index is 11.4. The Morgan fingerprint density at radius 3 is 2.69 bits per heavy atom. The maximum absolute atomic E-state index is 11.4. The summed E-state index contributed by atoms with van der Waals surface area (Å²) >= 11 is 0. The number of piperidine rings is 1. The van der Waals surface area contributed by atoms with Crippen LogP contribution < -0.4 is 4.74 Å². The molecule has 2 heterocycles. The van der Waals surface area contributed by atoms with Gasteiger partial charge in [-0.25, -0.2) is 9.78 Å². The number of aromatic carboxylic acids is 1. The third-order valence-electron chi connectivity index (χ3n) is 5.10. The quantitative estimate of drug-likeness (QED) is 0.821. The van der Waals surface area contributed by atoms with Crippen LogP contribution in [-0.2, 0) is 13.6 Å². The molecule has 7 nitrogen and oxygen atoms in total. The molecule has 1 fully saturated rings. The van der Waals surface area contributed by atoms with Crippen molar-refractivity contribution in [2.24, 2.45) is 13.0 Å². The number of nitrogens with zero attached hydrogens (tertiary/aromatic N) is 3. The van der Waals surface area contributed by atoms with Crippen molar-refractivity contribution >= 4 is 5.97 Å². The summed E-state index contributed by atoms with van der Waals surface area (Å²) < 4.78 is 6.97. The summed E-state index contributed by atoms with van der Waals surface area (Å²) in [5, 5.41) is 19.9. The lowest BCUT2D eigenvalue weighted by atomic mass is 9.90. The highest BCUT2D eigenvalue weighted by Crippen LogP contribution is 2.30. The van der Waals surface area contributed by atoms with Crippen molar-refractivity contribution in [2.75, 3.05) is 20.2 Å². The molecule has 0 spiro atoms. The van der Waals surface area contributed by atoms with E-state index in [1.807, 2.05) is 23.9 Å². The van der Waals surface area contributed by atoms with Gasteiger partial charge in [0.15, 0.2) is 0 Å². The number of imidazole rings is 1. The summed E-state index contributed by atoms with van der Waals surface area (Å²) in [4.78, 5) is 17.9. The van der Waals surface area contributed by atoms with Crippen molar-refractivity contribution in [3.8, 4) is 5.75 Å². The molecule has 1 saturated heterocycles. The molecule has 7 heteroatoms. The predicted molar refractivity (Wildman–Crippen MR) is 96.1 cm³/mol. The van der Waals surface area contributed by atoms with E-state index in [2.05, 4.69) is 9.88 Å². The van der Waals surface area contributed by atoms with Crippen LogP contribution in [0.5, 0.6) is 5.75 Å². The number of likely N-dealkylation sites (tertiary alicyclic amines) is 1. The number of aliphatic hydroxyl groups excluding tert-OH is 1. The number of carbonyl (C=O) groups is 1. The normalized spacial score (nSPS) is 17.2. The van der Waals surface area contributed by atoms with Crippen molar-refractivity contribution in [1.82, 2.24) is 14.5 Å². The zero-order chi connectivity index (χ0) is 18.7. The van der Waals surface area contributed by atoms with Gasteiger partial charge in [-0.15, -0.1) is 0 Å². The minimum absolute atomic E-state index is 0.185. The largest absolute Gasteiger partial charge is 0.496 e. The van der Waals surface area contributed by atoms with Gasteiger partial charge in [-0.2, -0.15) is 0 Å². The van der Waals surface area contributed by atoms with E-state index in [1.165, 1.54) is 7.11 Å². The van der Waals surface area contributed by atoms with Gasteiger partial charge in [0.1, 0.15) is 23.2 Å². The van der Waals surface area contributed by atoms with Crippen LogP contribution >= 0.6 is 0 Å². The second-order valence-electron chi connectivity index (χ2n) is 6.79. The average Bonchev–Trinajstić information content (AvgIpc) is 3.07. The van der Waals surface area contributed by atoms with Crippen LogP contribution in [-0.4, -0.2) is 50.8 Å². The Morgan fingerprint density at radius 2 is 2.12 bits per heavy atom. The number of aromatic nitrogens is 2. The van der Waals surface area contributed by atoms with Crippen molar-refractivity contribution in [2.45, 2.75) is 25.5 Å². The molecule has 0 bridgehead atoms. The Hall–Kier alpha value is -2.38. The number of carboxylic acids is 1. The fraction of sp³-hybridized carbons (Fsp3) is 0.474. The van der Waals surface area contributed by atoms with E-state index in [4.69, 9.17) is 4.74 Å². The van der Waals surface area contributed by atoms with Crippen LogP contribution in [0.15, 0.2) is 30.6 Å². The number of hydrogen-bond acceptors (Lipinski definition) is 5. The van der Waals surface area contributed by atoms with E-state index in [0.717, 1.165) is 31.5 Å². The standard InChI is InChI=1S/C19H25N3O4/c1-21-10-7-20-18(21)17(23)14-5-8-22(9-6-14)12-13-3-4-16(26-2)15(11-13)19(24)25/h3-4,7,10-11,14,17,23H,5-6,8-9,12H2,1-2H3,(H,24,25). The van der Waals surface area contributed by atoms with Gasteiger partial charge >= 0.3 is 5.97 Å². The lowest BCUT2D eigenvalue weighted by Gasteiger charge is -2.34. The zero-order valence-corrected chi connectivity index (χ0v) is 15.1. The molecule has 1 aromatic heterocycles. The first-order chi connectivity index (χ1) is 12.5. The highest BCUT2D eigenvalue weighted by Gasteiger charge is 2.28. The maximum Gasteiger partial charge on any atom is 0.339 e. The van der Waals surface area contributed by atoms with Gasteiger partial charge in [0.2, 0.25) is 0 Å². The molecule has 1 aromatic carbocycles. The first kappa shape index (κ1) is 18.4. The van der Waals surface area contributed by atoms with E-state index in [0.29, 0.717) is 18.1 Å². The molecule has 0 amide bonds. The number of carboxylic acid groups (broad SMARTS) is 1. The third-order valence-corrected chi connectivity index (χ3v) is 5.10. The zero-order valence-electron chi connectivity index (χ0n) is 15.1. The van der Waals surface area contributed by atoms with Crippen molar-refractivity contribution in [3.63, 3.8) is 0 Å². The van der Waals surface area contributed by atoms with E-state index in [1.54, 1.807) is 18.3 Å². The van der Waals surface area contributed by atoms with Gasteiger partial charge in [0.25, 0.3) is 0 Å². The number of aryl methyl sites for hydroxylation is 1. The summed E-state index contributed by atoms with van der Waals surface area (Å²) in [5.41, 5.74) is 1.14. The molecule has 0 saturated carbocycles. The fourth-order valence-corrected chi connectivity index (χ4v) is 3.58. The number of rotatable bonds is 6. The van der Waals surface area contributed by atoms with Crippen LogP contribution in [0.2, 0.25) is 0 Å². The summed E-state index contributed by atoms with van der Waals surface area (Å²) in [5.74, 6) is 0.293. The molecule has 2 aromatic rings. The second kappa shape index (κ2) is 7.88. The predicted octanol–water partition coefficient (Wildman–Crippen LogP) is 2.07. The highest BCUT2D eigenvalue weighted by molar-refractivity contribution is 5.91. The van der Waals surface area contributed by atoms with Crippen LogP contribution in [0, 0.1) is 5.92 Å². The van der Waals surface area contributed by atoms with Crippen LogP contribution in [0.1, 0.15) is 40.7 Å². The van der Waals surface area contributed by atoms with E-state index in [-0.39, 0.29) is 11.5 Å².